The van der Waals surface area contributed by atoms with Crippen molar-refractivity contribution in [1.29, 1.82) is 0 Å². The predicted octanol–water partition coefficient (Wildman–Crippen LogP) is 1.32. The zero-order valence-electron chi connectivity index (χ0n) is 15.7. The van der Waals surface area contributed by atoms with Gasteiger partial charge >= 0.3 is 0 Å². The molecule has 1 aliphatic rings. The zero-order chi connectivity index (χ0) is 17.1. The molecule has 0 saturated carbocycles. The van der Waals surface area contributed by atoms with Gasteiger partial charge in [-0.3, -0.25) is 9.89 Å². The van der Waals surface area contributed by atoms with Crippen molar-refractivity contribution in [1.82, 2.24) is 15.5 Å². The van der Waals surface area contributed by atoms with Crippen LogP contribution in [0, 0.1) is 5.41 Å². The molecule has 136 valence electrons. The summed E-state index contributed by atoms with van der Waals surface area (Å²) in [5.74, 6) is 0.876. The number of guanidine groups is 1. The molecule has 1 atom stereocenters. The molecule has 1 aliphatic heterocycles. The molecule has 0 radical (unpaired) electrons. The van der Waals surface area contributed by atoms with Gasteiger partial charge in [0, 0.05) is 33.3 Å². The topological polar surface area (TPSA) is 58.1 Å². The zero-order valence-corrected chi connectivity index (χ0v) is 15.7. The van der Waals surface area contributed by atoms with Crippen molar-refractivity contribution in [3.05, 3.63) is 0 Å². The monoisotopic (exact) mass is 328 g/mol. The number of methoxy groups -OCH3 is 1. The summed E-state index contributed by atoms with van der Waals surface area (Å²) >= 11 is 0. The quantitative estimate of drug-likeness (QED) is 0.400. The van der Waals surface area contributed by atoms with Crippen molar-refractivity contribution in [3.63, 3.8) is 0 Å². The second-order valence-electron chi connectivity index (χ2n) is 7.04. The first-order valence-corrected chi connectivity index (χ1v) is 8.82. The molecule has 1 rings (SSSR count). The SMILES string of the molecule is CCNC(=NCC(OC)C(C)(C)C)NCCCN1CCOCC1. The van der Waals surface area contributed by atoms with Gasteiger partial charge in [-0.15, -0.1) is 0 Å². The summed E-state index contributed by atoms with van der Waals surface area (Å²) in [6.07, 6.45) is 1.23. The van der Waals surface area contributed by atoms with E-state index in [-0.39, 0.29) is 11.5 Å². The summed E-state index contributed by atoms with van der Waals surface area (Å²) in [5, 5.41) is 6.72. The first kappa shape index (κ1) is 20.2. The number of ether oxygens (including phenoxy) is 2. The number of rotatable bonds is 8. The first-order valence-electron chi connectivity index (χ1n) is 8.82. The van der Waals surface area contributed by atoms with Gasteiger partial charge in [0.1, 0.15) is 0 Å². The summed E-state index contributed by atoms with van der Waals surface area (Å²) in [6, 6.07) is 0. The lowest BCUT2D eigenvalue weighted by molar-refractivity contribution is 0.0241. The third-order valence-corrected chi connectivity index (χ3v) is 4.06. The first-order chi connectivity index (χ1) is 11.0. The maximum absolute atomic E-state index is 5.57. The average Bonchev–Trinajstić information content (AvgIpc) is 2.51. The fourth-order valence-corrected chi connectivity index (χ4v) is 2.55. The number of hydrogen-bond acceptors (Lipinski definition) is 4. The minimum Gasteiger partial charge on any atom is -0.379 e. The fraction of sp³-hybridized carbons (Fsp3) is 0.941. The third-order valence-electron chi connectivity index (χ3n) is 4.06. The van der Waals surface area contributed by atoms with E-state index in [0.717, 1.165) is 58.3 Å². The van der Waals surface area contributed by atoms with Crippen molar-refractivity contribution < 1.29 is 9.47 Å². The number of aliphatic imine (C=N–C) groups is 1. The van der Waals surface area contributed by atoms with Crippen molar-refractivity contribution in [2.75, 3.05) is 59.6 Å². The van der Waals surface area contributed by atoms with Crippen LogP contribution >= 0.6 is 0 Å². The van der Waals surface area contributed by atoms with Gasteiger partial charge in [0.2, 0.25) is 0 Å². The molecule has 0 aliphatic carbocycles. The summed E-state index contributed by atoms with van der Waals surface area (Å²) in [6.45, 7) is 16.0. The third kappa shape index (κ3) is 8.53. The lowest BCUT2D eigenvalue weighted by Crippen LogP contribution is -2.41. The Labute approximate surface area is 142 Å². The maximum atomic E-state index is 5.57. The molecule has 1 fully saturated rings. The van der Waals surface area contributed by atoms with Crippen LogP contribution in [0.4, 0.5) is 0 Å². The highest BCUT2D eigenvalue weighted by Crippen LogP contribution is 2.21. The molecule has 1 heterocycles. The molecule has 1 unspecified atom stereocenters. The van der Waals surface area contributed by atoms with E-state index < -0.39 is 0 Å². The van der Waals surface area contributed by atoms with Crippen molar-refractivity contribution in [2.45, 2.75) is 40.2 Å². The van der Waals surface area contributed by atoms with Crippen LogP contribution in [0.3, 0.4) is 0 Å². The molecular weight excluding hydrogens is 292 g/mol. The van der Waals surface area contributed by atoms with E-state index in [9.17, 15) is 0 Å². The average molecular weight is 329 g/mol. The lowest BCUT2D eigenvalue weighted by atomic mass is 9.89. The highest BCUT2D eigenvalue weighted by molar-refractivity contribution is 5.79. The van der Waals surface area contributed by atoms with Crippen LogP contribution in [0.5, 0.6) is 0 Å². The Kier molecular flexibility index (Phi) is 9.52. The van der Waals surface area contributed by atoms with Gasteiger partial charge in [-0.1, -0.05) is 20.8 Å². The molecule has 1 saturated heterocycles. The van der Waals surface area contributed by atoms with E-state index in [1.54, 1.807) is 7.11 Å². The largest absolute Gasteiger partial charge is 0.379 e. The van der Waals surface area contributed by atoms with Crippen LogP contribution in [-0.4, -0.2) is 76.6 Å². The van der Waals surface area contributed by atoms with Gasteiger partial charge in [0.25, 0.3) is 0 Å². The van der Waals surface area contributed by atoms with Crippen LogP contribution in [0.1, 0.15) is 34.1 Å². The van der Waals surface area contributed by atoms with Crippen molar-refractivity contribution >= 4 is 5.96 Å². The van der Waals surface area contributed by atoms with Crippen LogP contribution in [0.15, 0.2) is 4.99 Å². The number of hydrogen-bond donors (Lipinski definition) is 2. The second kappa shape index (κ2) is 10.8. The standard InChI is InChI=1S/C17H36N4O2/c1-6-18-16(20-14-15(22-5)17(2,3)4)19-8-7-9-21-10-12-23-13-11-21/h15H,6-14H2,1-5H3,(H2,18,19,20). The normalized spacial score (nSPS) is 18.7. The number of nitrogens with one attached hydrogen (secondary N) is 2. The lowest BCUT2D eigenvalue weighted by Gasteiger charge is -2.28. The maximum Gasteiger partial charge on any atom is 0.191 e. The molecule has 0 aromatic rings. The Morgan fingerprint density at radius 1 is 1.26 bits per heavy atom. The van der Waals surface area contributed by atoms with Crippen molar-refractivity contribution in [3.8, 4) is 0 Å². The number of morpholine rings is 1. The molecule has 6 nitrogen and oxygen atoms in total. The minimum atomic E-state index is 0.0892. The van der Waals surface area contributed by atoms with Crippen LogP contribution < -0.4 is 10.6 Å². The van der Waals surface area contributed by atoms with E-state index in [1.807, 2.05) is 0 Å². The van der Waals surface area contributed by atoms with Gasteiger partial charge in [0.05, 0.1) is 25.9 Å². The van der Waals surface area contributed by atoms with Crippen LogP contribution in [0.2, 0.25) is 0 Å². The van der Waals surface area contributed by atoms with E-state index in [2.05, 4.69) is 48.2 Å². The smallest absolute Gasteiger partial charge is 0.191 e. The van der Waals surface area contributed by atoms with E-state index >= 15 is 0 Å². The summed E-state index contributed by atoms with van der Waals surface area (Å²) in [4.78, 5) is 7.13. The van der Waals surface area contributed by atoms with Gasteiger partial charge in [0.15, 0.2) is 5.96 Å². The minimum absolute atomic E-state index is 0.0892. The summed E-state index contributed by atoms with van der Waals surface area (Å²) in [7, 11) is 1.76. The van der Waals surface area contributed by atoms with Gasteiger partial charge in [-0.05, 0) is 25.3 Å². The Morgan fingerprint density at radius 3 is 2.52 bits per heavy atom. The molecule has 0 aromatic heterocycles. The Hall–Kier alpha value is -0.850. The Balaban J connectivity index is 2.33. The summed E-state index contributed by atoms with van der Waals surface area (Å²) < 4.78 is 10.9. The van der Waals surface area contributed by atoms with Crippen LogP contribution in [-0.2, 0) is 9.47 Å². The molecular formula is C17H36N4O2. The highest BCUT2D eigenvalue weighted by Gasteiger charge is 2.24. The van der Waals surface area contributed by atoms with Gasteiger partial charge in [-0.2, -0.15) is 0 Å². The summed E-state index contributed by atoms with van der Waals surface area (Å²) in [5.41, 5.74) is 0.0892. The molecule has 0 amide bonds. The van der Waals surface area contributed by atoms with Gasteiger partial charge < -0.3 is 20.1 Å². The highest BCUT2D eigenvalue weighted by atomic mass is 16.5. The predicted molar refractivity (Wildman–Crippen MR) is 96.1 cm³/mol. The molecule has 0 spiro atoms. The fourth-order valence-electron chi connectivity index (χ4n) is 2.55. The van der Waals surface area contributed by atoms with Crippen LogP contribution in [0.25, 0.3) is 0 Å². The molecule has 0 bridgehead atoms. The molecule has 23 heavy (non-hydrogen) atoms. The molecule has 2 N–H and O–H groups in total. The van der Waals surface area contributed by atoms with Crippen molar-refractivity contribution in [2.24, 2.45) is 10.4 Å². The van der Waals surface area contributed by atoms with E-state index in [4.69, 9.17) is 9.47 Å². The molecule has 0 aromatic carbocycles. The van der Waals surface area contributed by atoms with E-state index in [1.165, 1.54) is 0 Å². The Morgan fingerprint density at radius 2 is 1.96 bits per heavy atom. The van der Waals surface area contributed by atoms with Gasteiger partial charge in [-0.25, -0.2) is 0 Å². The van der Waals surface area contributed by atoms with E-state index in [0.29, 0.717) is 6.54 Å². The molecule has 6 heteroatoms. The Bertz CT molecular complexity index is 336. The number of nitrogens with zero attached hydrogens (tertiary/aromatic N) is 2. The second-order valence-corrected chi connectivity index (χ2v) is 7.04.